The number of allylic oxidation sites excluding steroid dienone is 2. The molecule has 234 valence electrons. The topological polar surface area (TPSA) is 0 Å². The van der Waals surface area contributed by atoms with E-state index in [1.807, 2.05) is 0 Å². The number of hydrogen-bond donors (Lipinski definition) is 0. The molecule has 0 spiro atoms. The summed E-state index contributed by atoms with van der Waals surface area (Å²) < 4.78 is 279. The van der Waals surface area contributed by atoms with Crippen LogP contribution in [0.5, 0.6) is 0 Å². The van der Waals surface area contributed by atoms with Crippen LogP contribution >= 0.6 is 22.6 Å². The molecule has 0 saturated heterocycles. The van der Waals surface area contributed by atoms with Gasteiger partial charge in [0, 0.05) is 6.42 Å². The molecule has 0 aliphatic heterocycles. The summed E-state index contributed by atoms with van der Waals surface area (Å²) in [5.41, 5.74) is -1.22. The molecule has 0 bridgehead atoms. The van der Waals surface area contributed by atoms with Crippen molar-refractivity contribution < 1.29 is 92.2 Å². The molecule has 0 aliphatic rings. The normalized spacial score (nSPS) is 17.1. The van der Waals surface area contributed by atoms with Gasteiger partial charge in [-0.1, -0.05) is 26.8 Å². The minimum absolute atomic E-state index is 0.611. The summed E-state index contributed by atoms with van der Waals surface area (Å²) in [6.07, 6.45) is -10.1. The number of rotatable bonds is 10. The molecule has 0 aromatic heterocycles. The van der Waals surface area contributed by atoms with Gasteiger partial charge >= 0.3 is 59.5 Å². The highest BCUT2D eigenvalue weighted by atomic mass is 127. The first-order valence-corrected chi connectivity index (χ1v) is 10.3. The van der Waals surface area contributed by atoms with E-state index in [-0.39, 0.29) is 0 Å². The molecule has 0 aromatic rings. The Kier molecular flexibility index (Phi) is 9.54. The fraction of sp³-hybridized carbons (Fsp3) is 0.882. The molecule has 39 heavy (non-hydrogen) atoms. The van der Waals surface area contributed by atoms with Gasteiger partial charge in [-0.25, -0.2) is 0 Å². The number of hydrogen-bond acceptors (Lipinski definition) is 0. The van der Waals surface area contributed by atoms with Crippen molar-refractivity contribution in [2.24, 2.45) is 5.41 Å². The molecule has 0 nitrogen and oxygen atoms in total. The third-order valence-electron chi connectivity index (χ3n) is 4.56. The Hall–Kier alpha value is -1.00. The van der Waals surface area contributed by atoms with E-state index in [4.69, 9.17) is 0 Å². The third kappa shape index (κ3) is 5.60. The fourth-order valence-electron chi connectivity index (χ4n) is 2.43. The second-order valence-corrected chi connectivity index (χ2v) is 10.3. The average molecular weight is 742 g/mol. The van der Waals surface area contributed by atoms with Gasteiger partial charge in [0.25, 0.3) is 0 Å². The van der Waals surface area contributed by atoms with Crippen molar-refractivity contribution in [2.45, 2.75) is 86.7 Å². The van der Waals surface area contributed by atoms with Crippen molar-refractivity contribution in [1.29, 1.82) is 0 Å². The smallest absolute Gasteiger partial charge is 0.199 e. The van der Waals surface area contributed by atoms with E-state index in [0.29, 0.717) is 6.08 Å². The van der Waals surface area contributed by atoms with Crippen LogP contribution < -0.4 is 0 Å². The fourth-order valence-corrected chi connectivity index (χ4v) is 3.85. The van der Waals surface area contributed by atoms with Gasteiger partial charge in [-0.15, -0.1) is 0 Å². The Bertz CT molecular complexity index is 918. The molecule has 0 heterocycles. The van der Waals surface area contributed by atoms with Crippen LogP contribution in [0.3, 0.4) is 0 Å². The zero-order chi connectivity index (χ0) is 32.5. The van der Waals surface area contributed by atoms with Crippen LogP contribution in [0.4, 0.5) is 92.2 Å². The van der Waals surface area contributed by atoms with Gasteiger partial charge in [0.05, 0.1) is 0 Å². The molecule has 0 N–H and O–H groups in total. The second-order valence-electron chi connectivity index (χ2n) is 8.93. The molecular weight excluding hydrogens is 730 g/mol. The van der Waals surface area contributed by atoms with Crippen LogP contribution in [-0.4, -0.2) is 59.5 Å². The molecule has 22 heteroatoms. The van der Waals surface area contributed by atoms with Crippen molar-refractivity contribution in [3.63, 3.8) is 0 Å². The summed E-state index contributed by atoms with van der Waals surface area (Å²) in [4.78, 5) is 0. The van der Waals surface area contributed by atoms with Crippen molar-refractivity contribution in [2.75, 3.05) is 0 Å². The van der Waals surface area contributed by atoms with Crippen molar-refractivity contribution in [3.8, 4) is 0 Å². The average Bonchev–Trinajstić information content (AvgIpc) is 2.63. The highest BCUT2D eigenvalue weighted by Crippen LogP contribution is 2.66. The monoisotopic (exact) mass is 742 g/mol. The van der Waals surface area contributed by atoms with Gasteiger partial charge in [0.1, 0.15) is 0 Å². The lowest BCUT2D eigenvalue weighted by Gasteiger charge is -2.44. The molecule has 0 atom stereocenters. The van der Waals surface area contributed by atoms with Crippen molar-refractivity contribution >= 4 is 22.6 Å². The third-order valence-corrected chi connectivity index (χ3v) is 5.25. The lowest BCUT2D eigenvalue weighted by atomic mass is 9.85. The number of alkyl halides is 21. The van der Waals surface area contributed by atoms with Gasteiger partial charge in [-0.3, -0.25) is 0 Å². The first kappa shape index (κ1) is 38.0. The molecule has 0 aliphatic carbocycles. The Labute approximate surface area is 217 Å². The quantitative estimate of drug-likeness (QED) is 0.155. The van der Waals surface area contributed by atoms with Crippen LogP contribution in [0.25, 0.3) is 0 Å². The first-order valence-electron chi connectivity index (χ1n) is 9.19. The predicted molar refractivity (Wildman–Crippen MR) is 96.8 cm³/mol. The van der Waals surface area contributed by atoms with Crippen LogP contribution in [0.1, 0.15) is 27.2 Å². The molecular formula is C17H12F21I. The maximum absolute atomic E-state index is 13.9. The lowest BCUT2D eigenvalue weighted by Crippen LogP contribution is -2.76. The summed E-state index contributed by atoms with van der Waals surface area (Å²) in [5.74, 6) is -76.7. The van der Waals surface area contributed by atoms with Gasteiger partial charge < -0.3 is 0 Å². The highest BCUT2D eigenvalue weighted by Gasteiger charge is 2.97. The minimum Gasteiger partial charge on any atom is -0.199 e. The first-order chi connectivity index (χ1) is 16.4. The van der Waals surface area contributed by atoms with Crippen molar-refractivity contribution in [1.82, 2.24) is 0 Å². The van der Waals surface area contributed by atoms with E-state index in [1.165, 1.54) is 20.8 Å². The SMILES string of the molecule is CC(C)(C)/C=C(/I)CC(F)(F)C(F)(F)C(F)(F)C(F)(F)C(F)(F)C(F)(F)C(F)(F)C(F)(F)C(F)(F)C(F)(F)F. The maximum Gasteiger partial charge on any atom is 0.460 e. The number of halogens is 22. The van der Waals surface area contributed by atoms with Crippen LogP contribution in [0, 0.1) is 5.41 Å². The highest BCUT2D eigenvalue weighted by molar-refractivity contribution is 14.1. The minimum atomic E-state index is -9.16. The van der Waals surface area contributed by atoms with E-state index in [0.717, 1.165) is 22.6 Å². The van der Waals surface area contributed by atoms with E-state index in [2.05, 4.69) is 0 Å². The molecule has 0 rings (SSSR count). The summed E-state index contributed by atoms with van der Waals surface area (Å²) in [6, 6.07) is 0. The predicted octanol–water partition coefficient (Wildman–Crippen LogP) is 10.0. The Morgan fingerprint density at radius 3 is 0.897 bits per heavy atom. The van der Waals surface area contributed by atoms with Gasteiger partial charge in [0.15, 0.2) is 0 Å². The molecule has 0 aromatic carbocycles. The lowest BCUT2D eigenvalue weighted by molar-refractivity contribution is -0.474. The zero-order valence-corrected chi connectivity index (χ0v) is 20.8. The molecule has 0 saturated carbocycles. The molecule has 0 unspecified atom stereocenters. The summed E-state index contributed by atoms with van der Waals surface area (Å²) in [7, 11) is 0. The molecule has 0 fully saturated rings. The standard InChI is InChI=1S/C17H12F21I/c1-7(2,3)4-6(39)5-8(18,19)9(20,21)10(22,23)11(24,25)12(26,27)13(28,29)14(30,31)15(32,33)16(34,35)17(36,37)38/h4H,5H2,1-3H3/b6-4+. The molecule has 0 amide bonds. The van der Waals surface area contributed by atoms with E-state index in [1.54, 1.807) is 0 Å². The van der Waals surface area contributed by atoms with Crippen LogP contribution in [-0.2, 0) is 0 Å². The second kappa shape index (κ2) is 9.79. The van der Waals surface area contributed by atoms with E-state index in [9.17, 15) is 92.2 Å². The van der Waals surface area contributed by atoms with Crippen LogP contribution in [0.2, 0.25) is 0 Å². The van der Waals surface area contributed by atoms with E-state index >= 15 is 0 Å². The summed E-state index contributed by atoms with van der Waals surface area (Å²) in [5, 5.41) is 0. The summed E-state index contributed by atoms with van der Waals surface area (Å²) in [6.45, 7) is 3.52. The Morgan fingerprint density at radius 2 is 0.667 bits per heavy atom. The van der Waals surface area contributed by atoms with Gasteiger partial charge in [-0.2, -0.15) is 92.2 Å². The van der Waals surface area contributed by atoms with Gasteiger partial charge in [0.2, 0.25) is 0 Å². The Morgan fingerprint density at radius 1 is 0.436 bits per heavy atom. The molecule has 0 radical (unpaired) electrons. The maximum atomic E-state index is 13.9. The Balaban J connectivity index is 7.03. The summed E-state index contributed by atoms with van der Waals surface area (Å²) >= 11 is 0.745. The van der Waals surface area contributed by atoms with Crippen LogP contribution in [0.15, 0.2) is 9.66 Å². The van der Waals surface area contributed by atoms with Crippen molar-refractivity contribution in [3.05, 3.63) is 9.66 Å². The van der Waals surface area contributed by atoms with Gasteiger partial charge in [-0.05, 0) is 31.6 Å². The van der Waals surface area contributed by atoms with E-state index < -0.39 is 74.9 Å². The zero-order valence-electron chi connectivity index (χ0n) is 18.6. The largest absolute Gasteiger partial charge is 0.460 e.